The number of hydrogen-bond acceptors (Lipinski definition) is 2. The SMILES string of the molecule is CC(C)C1=CC2=CC=C3C(C)(C)[C@@H](O)CC[C@]3(C)C2=C(O)C1. The third kappa shape index (κ3) is 2.04. The molecular formula is C20H28O2. The maximum Gasteiger partial charge on any atom is 0.101 e. The van der Waals surface area contributed by atoms with Crippen molar-refractivity contribution in [2.75, 3.05) is 0 Å². The number of fused-ring (bicyclic) bond motifs is 3. The summed E-state index contributed by atoms with van der Waals surface area (Å²) >= 11 is 0. The van der Waals surface area contributed by atoms with E-state index in [1.54, 1.807) is 0 Å². The van der Waals surface area contributed by atoms with Crippen molar-refractivity contribution in [1.29, 1.82) is 0 Å². The van der Waals surface area contributed by atoms with Crippen LogP contribution in [0, 0.1) is 16.7 Å². The Labute approximate surface area is 133 Å². The van der Waals surface area contributed by atoms with Crippen molar-refractivity contribution in [2.45, 2.75) is 60.0 Å². The summed E-state index contributed by atoms with van der Waals surface area (Å²) in [5.41, 5.74) is 4.40. The van der Waals surface area contributed by atoms with E-state index < -0.39 is 0 Å². The van der Waals surface area contributed by atoms with E-state index in [4.69, 9.17) is 0 Å². The third-order valence-electron chi connectivity index (χ3n) is 6.05. The lowest BCUT2D eigenvalue weighted by molar-refractivity contribution is 0.0209. The third-order valence-corrected chi connectivity index (χ3v) is 6.05. The highest BCUT2D eigenvalue weighted by atomic mass is 16.3. The molecule has 3 aliphatic carbocycles. The van der Waals surface area contributed by atoms with Crippen LogP contribution < -0.4 is 0 Å². The van der Waals surface area contributed by atoms with Gasteiger partial charge >= 0.3 is 0 Å². The normalized spacial score (nSPS) is 33.8. The Hall–Kier alpha value is -1.28. The second-order valence-corrected chi connectivity index (χ2v) is 8.18. The summed E-state index contributed by atoms with van der Waals surface area (Å²) < 4.78 is 0. The first-order valence-corrected chi connectivity index (χ1v) is 8.42. The topological polar surface area (TPSA) is 40.5 Å². The molecule has 0 radical (unpaired) electrons. The fraction of sp³-hybridized carbons (Fsp3) is 0.600. The van der Waals surface area contributed by atoms with Crippen molar-refractivity contribution in [2.24, 2.45) is 16.7 Å². The average Bonchev–Trinajstić information content (AvgIpc) is 2.42. The van der Waals surface area contributed by atoms with Crippen LogP contribution in [0.3, 0.4) is 0 Å². The Balaban J connectivity index is 2.16. The molecule has 3 aliphatic rings. The molecule has 2 atom stereocenters. The van der Waals surface area contributed by atoms with Gasteiger partial charge < -0.3 is 10.2 Å². The highest BCUT2D eigenvalue weighted by Gasteiger charge is 2.51. The molecule has 0 aromatic rings. The summed E-state index contributed by atoms with van der Waals surface area (Å²) in [5.74, 6) is 0.977. The zero-order chi connectivity index (χ0) is 16.3. The Kier molecular flexibility index (Phi) is 3.45. The van der Waals surface area contributed by atoms with Gasteiger partial charge in [0.2, 0.25) is 0 Å². The largest absolute Gasteiger partial charge is 0.512 e. The van der Waals surface area contributed by atoms with Gasteiger partial charge in [0.15, 0.2) is 0 Å². The lowest BCUT2D eigenvalue weighted by atomic mass is 9.53. The van der Waals surface area contributed by atoms with Gasteiger partial charge in [0, 0.05) is 22.8 Å². The first-order valence-electron chi connectivity index (χ1n) is 8.42. The highest BCUT2D eigenvalue weighted by Crippen LogP contribution is 2.59. The van der Waals surface area contributed by atoms with Crippen LogP contribution in [0.25, 0.3) is 0 Å². The van der Waals surface area contributed by atoms with Crippen molar-refractivity contribution >= 4 is 0 Å². The molecular weight excluding hydrogens is 272 g/mol. The van der Waals surface area contributed by atoms with Gasteiger partial charge in [-0.15, -0.1) is 0 Å². The van der Waals surface area contributed by atoms with Crippen molar-refractivity contribution in [3.8, 4) is 0 Å². The Morgan fingerprint density at radius 1 is 1.18 bits per heavy atom. The average molecular weight is 300 g/mol. The summed E-state index contributed by atoms with van der Waals surface area (Å²) in [7, 11) is 0. The molecule has 0 aromatic heterocycles. The second-order valence-electron chi connectivity index (χ2n) is 8.18. The molecule has 0 aliphatic heterocycles. The number of hydrogen-bond donors (Lipinski definition) is 2. The first kappa shape index (κ1) is 15.6. The minimum atomic E-state index is -0.310. The summed E-state index contributed by atoms with van der Waals surface area (Å²) in [6.07, 6.45) is 8.61. The van der Waals surface area contributed by atoms with Gasteiger partial charge in [-0.25, -0.2) is 0 Å². The van der Waals surface area contributed by atoms with E-state index in [-0.39, 0.29) is 16.9 Å². The summed E-state index contributed by atoms with van der Waals surface area (Å²) in [6.45, 7) is 10.8. The standard InChI is InChI=1S/C20H28O2/c1-12(2)14-10-13-6-7-16-19(3,4)17(22)8-9-20(16,5)18(13)15(21)11-14/h6-7,10,12,17,21-22H,8-9,11H2,1-5H3/t17-,20-/m0/s1. The maximum atomic E-state index is 10.8. The van der Waals surface area contributed by atoms with E-state index in [0.717, 1.165) is 24.0 Å². The van der Waals surface area contributed by atoms with Crippen LogP contribution in [0.4, 0.5) is 0 Å². The molecule has 2 heteroatoms. The Morgan fingerprint density at radius 3 is 2.50 bits per heavy atom. The van der Waals surface area contributed by atoms with Crippen molar-refractivity contribution in [3.63, 3.8) is 0 Å². The Morgan fingerprint density at radius 2 is 1.86 bits per heavy atom. The van der Waals surface area contributed by atoms with Crippen molar-refractivity contribution in [3.05, 3.63) is 46.3 Å². The number of rotatable bonds is 1. The van der Waals surface area contributed by atoms with Gasteiger partial charge in [-0.05, 0) is 24.3 Å². The zero-order valence-electron chi connectivity index (χ0n) is 14.4. The number of allylic oxidation sites excluding steroid dienone is 6. The van der Waals surface area contributed by atoms with Crippen LogP contribution in [0.5, 0.6) is 0 Å². The maximum absolute atomic E-state index is 10.8. The van der Waals surface area contributed by atoms with Crippen LogP contribution in [-0.4, -0.2) is 16.3 Å². The van der Waals surface area contributed by atoms with Crippen LogP contribution in [0.15, 0.2) is 46.3 Å². The quantitative estimate of drug-likeness (QED) is 0.727. The first-order chi connectivity index (χ1) is 10.2. The van der Waals surface area contributed by atoms with Crippen LogP contribution >= 0.6 is 0 Å². The lowest BCUT2D eigenvalue weighted by Gasteiger charge is -2.52. The monoisotopic (exact) mass is 300 g/mol. The van der Waals surface area contributed by atoms with Crippen LogP contribution in [-0.2, 0) is 0 Å². The minimum absolute atomic E-state index is 0.157. The zero-order valence-corrected chi connectivity index (χ0v) is 14.4. The summed E-state index contributed by atoms with van der Waals surface area (Å²) in [6, 6.07) is 0. The van der Waals surface area contributed by atoms with Gasteiger partial charge in [0.1, 0.15) is 5.76 Å². The molecule has 0 unspecified atom stereocenters. The molecule has 3 rings (SSSR count). The van der Waals surface area contributed by atoms with Gasteiger partial charge in [-0.1, -0.05) is 64.0 Å². The highest BCUT2D eigenvalue weighted by molar-refractivity contribution is 5.60. The molecule has 0 saturated heterocycles. The molecule has 2 nitrogen and oxygen atoms in total. The second kappa shape index (κ2) is 4.86. The molecule has 2 N–H and O–H groups in total. The molecule has 22 heavy (non-hydrogen) atoms. The summed E-state index contributed by atoms with van der Waals surface area (Å²) in [4.78, 5) is 0. The van der Waals surface area contributed by atoms with E-state index in [9.17, 15) is 10.2 Å². The lowest BCUT2D eigenvalue weighted by Crippen LogP contribution is -2.46. The molecule has 1 fully saturated rings. The van der Waals surface area contributed by atoms with Gasteiger partial charge in [-0.3, -0.25) is 0 Å². The Bertz CT molecular complexity index is 628. The van der Waals surface area contributed by atoms with E-state index in [1.807, 2.05) is 0 Å². The van der Waals surface area contributed by atoms with Crippen molar-refractivity contribution < 1.29 is 10.2 Å². The molecule has 0 heterocycles. The molecule has 1 saturated carbocycles. The van der Waals surface area contributed by atoms with E-state index in [0.29, 0.717) is 18.1 Å². The predicted octanol–water partition coefficient (Wildman–Crippen LogP) is 4.84. The number of aliphatic hydroxyl groups excluding tert-OH is 2. The van der Waals surface area contributed by atoms with E-state index >= 15 is 0 Å². The van der Waals surface area contributed by atoms with E-state index in [1.165, 1.54) is 11.1 Å². The van der Waals surface area contributed by atoms with Gasteiger partial charge in [0.25, 0.3) is 0 Å². The van der Waals surface area contributed by atoms with Gasteiger partial charge in [-0.2, -0.15) is 0 Å². The van der Waals surface area contributed by atoms with Crippen LogP contribution in [0.2, 0.25) is 0 Å². The smallest absolute Gasteiger partial charge is 0.101 e. The van der Waals surface area contributed by atoms with Gasteiger partial charge in [0.05, 0.1) is 6.10 Å². The van der Waals surface area contributed by atoms with Crippen molar-refractivity contribution in [1.82, 2.24) is 0 Å². The number of aliphatic hydroxyl groups is 2. The minimum Gasteiger partial charge on any atom is -0.512 e. The predicted molar refractivity (Wildman–Crippen MR) is 90.5 cm³/mol. The van der Waals surface area contributed by atoms with E-state index in [2.05, 4.69) is 52.8 Å². The molecule has 0 spiro atoms. The van der Waals surface area contributed by atoms with Crippen LogP contribution in [0.1, 0.15) is 53.9 Å². The molecule has 0 bridgehead atoms. The molecule has 120 valence electrons. The fourth-order valence-corrected chi connectivity index (χ4v) is 4.55. The molecule has 0 amide bonds. The molecule has 0 aromatic carbocycles. The fourth-order valence-electron chi connectivity index (χ4n) is 4.55. The summed E-state index contributed by atoms with van der Waals surface area (Å²) in [5, 5.41) is 21.2.